The number of nitrogens with zero attached hydrogens (tertiary/aromatic N) is 2. The number of piperidine rings is 1. The fourth-order valence-electron chi connectivity index (χ4n) is 3.75. The van der Waals surface area contributed by atoms with Crippen molar-refractivity contribution in [2.24, 2.45) is 0 Å². The van der Waals surface area contributed by atoms with Gasteiger partial charge in [-0.05, 0) is 43.0 Å². The fourth-order valence-corrected chi connectivity index (χ4v) is 3.75. The zero-order valence-electron chi connectivity index (χ0n) is 13.3. The predicted octanol–water partition coefficient (Wildman–Crippen LogP) is 3.05. The van der Waals surface area contributed by atoms with Crippen molar-refractivity contribution in [1.82, 2.24) is 9.88 Å². The summed E-state index contributed by atoms with van der Waals surface area (Å²) in [5.41, 5.74) is 3.90. The van der Waals surface area contributed by atoms with Gasteiger partial charge in [-0.1, -0.05) is 24.3 Å². The number of carbonyl (C=O) groups is 1. The minimum atomic E-state index is -0.197. The zero-order valence-corrected chi connectivity index (χ0v) is 13.3. The van der Waals surface area contributed by atoms with Gasteiger partial charge in [0.25, 0.3) is 5.91 Å². The molecule has 1 aromatic carbocycles. The summed E-state index contributed by atoms with van der Waals surface area (Å²) in [5.74, 6) is 0.0803. The second-order valence-electron chi connectivity index (χ2n) is 6.37. The first-order valence-corrected chi connectivity index (χ1v) is 8.13. The minimum Gasteiger partial charge on any atom is -0.365 e. The Balaban J connectivity index is 1.52. The van der Waals surface area contributed by atoms with Gasteiger partial charge in [0.05, 0.1) is 17.8 Å². The van der Waals surface area contributed by atoms with Gasteiger partial charge >= 0.3 is 0 Å². The van der Waals surface area contributed by atoms with Gasteiger partial charge in [0.1, 0.15) is 0 Å². The molecule has 0 aliphatic carbocycles. The van der Waals surface area contributed by atoms with Crippen LogP contribution in [0.15, 0.2) is 42.6 Å². The van der Waals surface area contributed by atoms with E-state index >= 15 is 0 Å². The fraction of sp³-hybridized carbons (Fsp3) is 0.368. The van der Waals surface area contributed by atoms with Crippen LogP contribution in [0.3, 0.4) is 0 Å². The molecule has 1 saturated heterocycles. The molecule has 1 spiro atoms. The monoisotopic (exact) mass is 308 g/mol. The molecule has 0 atom stereocenters. The lowest BCUT2D eigenvalue weighted by Crippen LogP contribution is -2.45. The van der Waals surface area contributed by atoms with Crippen LogP contribution in [0.2, 0.25) is 0 Å². The highest BCUT2D eigenvalue weighted by Crippen LogP contribution is 2.44. The van der Waals surface area contributed by atoms with Crippen LogP contribution < -0.4 is 0 Å². The molecule has 4 nitrogen and oxygen atoms in total. The van der Waals surface area contributed by atoms with Crippen molar-refractivity contribution in [3.8, 4) is 0 Å². The molecule has 118 valence electrons. The SMILES string of the molecule is Cc1ncccc1C(=O)N1CCC2(CC1)OCc1ccccc12. The van der Waals surface area contributed by atoms with Gasteiger partial charge in [-0.25, -0.2) is 0 Å². The third-order valence-corrected chi connectivity index (χ3v) is 5.11. The maximum atomic E-state index is 12.7. The number of hydrogen-bond acceptors (Lipinski definition) is 3. The highest BCUT2D eigenvalue weighted by molar-refractivity contribution is 5.95. The quantitative estimate of drug-likeness (QED) is 0.813. The lowest BCUT2D eigenvalue weighted by atomic mass is 9.83. The van der Waals surface area contributed by atoms with E-state index in [1.165, 1.54) is 11.1 Å². The molecule has 0 unspecified atom stereocenters. The van der Waals surface area contributed by atoms with Gasteiger partial charge in [0.15, 0.2) is 0 Å². The van der Waals surface area contributed by atoms with Crippen molar-refractivity contribution in [1.29, 1.82) is 0 Å². The first-order chi connectivity index (χ1) is 11.2. The Kier molecular flexibility index (Phi) is 3.42. The van der Waals surface area contributed by atoms with E-state index in [2.05, 4.69) is 29.2 Å². The molecule has 1 fully saturated rings. The largest absolute Gasteiger partial charge is 0.365 e. The van der Waals surface area contributed by atoms with E-state index in [0.717, 1.165) is 31.6 Å². The number of benzene rings is 1. The van der Waals surface area contributed by atoms with Gasteiger partial charge in [-0.15, -0.1) is 0 Å². The van der Waals surface area contributed by atoms with E-state index in [1.807, 2.05) is 24.0 Å². The highest BCUT2D eigenvalue weighted by Gasteiger charge is 2.43. The molecule has 0 bridgehead atoms. The standard InChI is InChI=1S/C19H20N2O2/c1-14-16(6-4-10-20-14)18(22)21-11-8-19(9-12-21)17-7-3-2-5-15(17)13-23-19/h2-7,10H,8-9,11-13H2,1H3. The second kappa shape index (κ2) is 5.46. The summed E-state index contributed by atoms with van der Waals surface area (Å²) in [6.45, 7) is 4.02. The number of amides is 1. The number of hydrogen-bond donors (Lipinski definition) is 0. The Morgan fingerprint density at radius 1 is 1.17 bits per heavy atom. The summed E-state index contributed by atoms with van der Waals surface area (Å²) in [7, 11) is 0. The summed E-state index contributed by atoms with van der Waals surface area (Å²) in [4.78, 5) is 18.9. The number of rotatable bonds is 1. The van der Waals surface area contributed by atoms with Crippen molar-refractivity contribution < 1.29 is 9.53 Å². The predicted molar refractivity (Wildman–Crippen MR) is 87.0 cm³/mol. The number of aromatic nitrogens is 1. The van der Waals surface area contributed by atoms with Gasteiger partial charge in [-0.2, -0.15) is 0 Å². The third kappa shape index (κ3) is 2.34. The Morgan fingerprint density at radius 2 is 1.96 bits per heavy atom. The minimum absolute atomic E-state index is 0.0803. The van der Waals surface area contributed by atoms with E-state index in [4.69, 9.17) is 4.74 Å². The molecule has 2 aliphatic heterocycles. The van der Waals surface area contributed by atoms with Crippen LogP contribution in [0.25, 0.3) is 0 Å². The van der Waals surface area contributed by atoms with Crippen LogP contribution in [-0.4, -0.2) is 28.9 Å². The highest BCUT2D eigenvalue weighted by atomic mass is 16.5. The van der Waals surface area contributed by atoms with Gasteiger partial charge < -0.3 is 9.64 Å². The maximum Gasteiger partial charge on any atom is 0.255 e. The number of aryl methyl sites for hydroxylation is 1. The summed E-state index contributed by atoms with van der Waals surface area (Å²) >= 11 is 0. The summed E-state index contributed by atoms with van der Waals surface area (Å²) in [5, 5.41) is 0. The second-order valence-corrected chi connectivity index (χ2v) is 6.37. The molecule has 4 rings (SSSR count). The molecule has 4 heteroatoms. The van der Waals surface area contributed by atoms with E-state index in [9.17, 15) is 4.79 Å². The average Bonchev–Trinajstić information content (AvgIpc) is 2.94. The van der Waals surface area contributed by atoms with Crippen molar-refractivity contribution in [2.75, 3.05) is 13.1 Å². The Bertz CT molecular complexity index is 749. The molecule has 3 heterocycles. The van der Waals surface area contributed by atoms with E-state index < -0.39 is 0 Å². The van der Waals surface area contributed by atoms with E-state index in [0.29, 0.717) is 12.2 Å². The molecule has 0 N–H and O–H groups in total. The Hall–Kier alpha value is -2.20. The first kappa shape index (κ1) is 14.4. The maximum absolute atomic E-state index is 12.7. The molecule has 2 aromatic rings. The van der Waals surface area contributed by atoms with Crippen LogP contribution in [0.5, 0.6) is 0 Å². The van der Waals surface area contributed by atoms with E-state index in [1.54, 1.807) is 6.20 Å². The lowest BCUT2D eigenvalue weighted by molar-refractivity contribution is -0.0741. The molecule has 23 heavy (non-hydrogen) atoms. The molecular weight excluding hydrogens is 288 g/mol. The first-order valence-electron chi connectivity index (χ1n) is 8.13. The summed E-state index contributed by atoms with van der Waals surface area (Å²) < 4.78 is 6.16. The van der Waals surface area contributed by atoms with Crippen molar-refractivity contribution in [3.05, 3.63) is 65.0 Å². The van der Waals surface area contributed by atoms with Gasteiger partial charge in [0.2, 0.25) is 0 Å². The van der Waals surface area contributed by atoms with Gasteiger partial charge in [0, 0.05) is 25.0 Å². The smallest absolute Gasteiger partial charge is 0.255 e. The van der Waals surface area contributed by atoms with Gasteiger partial charge in [-0.3, -0.25) is 9.78 Å². The van der Waals surface area contributed by atoms with Crippen LogP contribution in [-0.2, 0) is 16.9 Å². The van der Waals surface area contributed by atoms with Crippen LogP contribution in [0.4, 0.5) is 0 Å². The summed E-state index contributed by atoms with van der Waals surface area (Å²) in [6, 6.07) is 12.1. The number of likely N-dealkylation sites (tertiary alicyclic amines) is 1. The van der Waals surface area contributed by atoms with Crippen molar-refractivity contribution in [3.63, 3.8) is 0 Å². The molecule has 1 amide bonds. The third-order valence-electron chi connectivity index (χ3n) is 5.11. The zero-order chi connectivity index (χ0) is 15.9. The van der Waals surface area contributed by atoms with E-state index in [-0.39, 0.29) is 11.5 Å². The number of pyridine rings is 1. The van der Waals surface area contributed by atoms with Crippen LogP contribution >= 0.6 is 0 Å². The van der Waals surface area contributed by atoms with Crippen molar-refractivity contribution in [2.45, 2.75) is 32.0 Å². The molecule has 0 radical (unpaired) electrons. The Morgan fingerprint density at radius 3 is 2.74 bits per heavy atom. The summed E-state index contributed by atoms with van der Waals surface area (Å²) in [6.07, 6.45) is 3.44. The number of carbonyl (C=O) groups excluding carboxylic acids is 1. The van der Waals surface area contributed by atoms with Crippen molar-refractivity contribution >= 4 is 5.91 Å². The molecular formula is C19H20N2O2. The normalized spacial score (nSPS) is 18.9. The van der Waals surface area contributed by atoms with Crippen LogP contribution in [0, 0.1) is 6.92 Å². The van der Waals surface area contributed by atoms with Crippen LogP contribution in [0.1, 0.15) is 40.0 Å². The number of ether oxygens (including phenoxy) is 1. The lowest BCUT2D eigenvalue weighted by Gasteiger charge is -2.39. The Labute approximate surface area is 136 Å². The topological polar surface area (TPSA) is 42.4 Å². The average molecular weight is 308 g/mol. The molecule has 1 aromatic heterocycles. The molecule has 0 saturated carbocycles. The number of fused-ring (bicyclic) bond motifs is 2. The molecule has 2 aliphatic rings.